The number of nitrogens with zero attached hydrogens (tertiary/aromatic N) is 4. The summed E-state index contributed by atoms with van der Waals surface area (Å²) >= 11 is 0. The molecule has 0 atom stereocenters. The van der Waals surface area contributed by atoms with Gasteiger partial charge in [0.25, 0.3) is 0 Å². The van der Waals surface area contributed by atoms with Gasteiger partial charge in [-0.3, -0.25) is 4.68 Å². The highest BCUT2D eigenvalue weighted by Crippen LogP contribution is 2.31. The Labute approximate surface area is 148 Å². The molecule has 2 heterocycles. The molecule has 1 aromatic carbocycles. The minimum Gasteiger partial charge on any atom is -0.354 e. The van der Waals surface area contributed by atoms with E-state index in [1.165, 1.54) is 0 Å². The predicted octanol–water partition coefficient (Wildman–Crippen LogP) is 3.86. The zero-order valence-electron chi connectivity index (χ0n) is 14.4. The molecule has 0 aliphatic heterocycles. The minimum absolute atomic E-state index is 0.0472. The number of hydrogen-bond donors (Lipinski definition) is 1. The van der Waals surface area contributed by atoms with Crippen molar-refractivity contribution in [1.82, 2.24) is 19.7 Å². The van der Waals surface area contributed by atoms with Crippen LogP contribution in [0.1, 0.15) is 17.0 Å². The molecule has 26 heavy (non-hydrogen) atoms. The van der Waals surface area contributed by atoms with Gasteiger partial charge in [-0.1, -0.05) is 30.3 Å². The molecule has 8 heteroatoms. The first kappa shape index (κ1) is 17.9. The van der Waals surface area contributed by atoms with Crippen molar-refractivity contribution in [3.63, 3.8) is 0 Å². The fourth-order valence-corrected chi connectivity index (χ4v) is 2.62. The lowest BCUT2D eigenvalue weighted by Crippen LogP contribution is -2.14. The number of aryl methyl sites for hydroxylation is 2. The Balaban J connectivity index is 1.86. The highest BCUT2D eigenvalue weighted by molar-refractivity contribution is 5.62. The van der Waals surface area contributed by atoms with Crippen molar-refractivity contribution < 1.29 is 13.2 Å². The lowest BCUT2D eigenvalue weighted by atomic mass is 10.1. The molecular weight excluding hydrogens is 343 g/mol. The molecule has 0 radical (unpaired) electrons. The zero-order valence-corrected chi connectivity index (χ0v) is 14.4. The largest absolute Gasteiger partial charge is 0.433 e. The molecule has 0 saturated carbocycles. The Morgan fingerprint density at radius 2 is 1.85 bits per heavy atom. The first-order valence-electron chi connectivity index (χ1n) is 8.07. The summed E-state index contributed by atoms with van der Waals surface area (Å²) in [4.78, 5) is 7.87. The molecule has 0 spiro atoms. The third kappa shape index (κ3) is 4.19. The maximum atomic E-state index is 13.2. The van der Waals surface area contributed by atoms with Gasteiger partial charge in [0.15, 0.2) is 5.69 Å². The quantitative estimate of drug-likeness (QED) is 0.750. The summed E-state index contributed by atoms with van der Waals surface area (Å²) in [7, 11) is 1.71. The number of benzene rings is 1. The Hall–Kier alpha value is -2.90. The summed E-state index contributed by atoms with van der Waals surface area (Å²) in [5.74, 6) is -0.0472. The second-order valence-electron chi connectivity index (χ2n) is 5.92. The SMILES string of the molecule is Cc1nn(C)cc1-c1cc(C(F)(F)F)nc(NCCc2ccccc2)n1. The Bertz CT molecular complexity index is 888. The van der Waals surface area contributed by atoms with Crippen molar-refractivity contribution in [2.24, 2.45) is 7.05 Å². The first-order valence-corrected chi connectivity index (χ1v) is 8.07. The second-order valence-corrected chi connectivity index (χ2v) is 5.92. The van der Waals surface area contributed by atoms with Crippen LogP contribution in [0.2, 0.25) is 0 Å². The van der Waals surface area contributed by atoms with Crippen LogP contribution in [0.4, 0.5) is 19.1 Å². The smallest absolute Gasteiger partial charge is 0.354 e. The van der Waals surface area contributed by atoms with Crippen molar-refractivity contribution >= 4 is 5.95 Å². The summed E-state index contributed by atoms with van der Waals surface area (Å²) in [5.41, 5.74) is 1.45. The summed E-state index contributed by atoms with van der Waals surface area (Å²) < 4.78 is 41.2. The van der Waals surface area contributed by atoms with E-state index >= 15 is 0 Å². The molecule has 1 N–H and O–H groups in total. The van der Waals surface area contributed by atoms with Crippen molar-refractivity contribution in [3.8, 4) is 11.3 Å². The molecule has 0 aliphatic carbocycles. The molecule has 0 unspecified atom stereocenters. The van der Waals surface area contributed by atoms with Gasteiger partial charge in [-0.25, -0.2) is 9.97 Å². The molecule has 3 aromatic rings. The van der Waals surface area contributed by atoms with Gasteiger partial charge in [0.2, 0.25) is 5.95 Å². The molecule has 0 bridgehead atoms. The average Bonchev–Trinajstić information content (AvgIpc) is 2.93. The fourth-order valence-electron chi connectivity index (χ4n) is 2.62. The van der Waals surface area contributed by atoms with Crippen LogP contribution in [0.25, 0.3) is 11.3 Å². The van der Waals surface area contributed by atoms with Gasteiger partial charge in [-0.05, 0) is 25.0 Å². The zero-order chi connectivity index (χ0) is 18.7. The maximum absolute atomic E-state index is 13.2. The lowest BCUT2D eigenvalue weighted by molar-refractivity contribution is -0.141. The highest BCUT2D eigenvalue weighted by atomic mass is 19.4. The van der Waals surface area contributed by atoms with E-state index < -0.39 is 11.9 Å². The van der Waals surface area contributed by atoms with E-state index in [4.69, 9.17) is 0 Å². The van der Waals surface area contributed by atoms with Gasteiger partial charge in [0.05, 0.1) is 11.4 Å². The molecule has 0 aliphatic rings. The molecule has 2 aromatic heterocycles. The van der Waals surface area contributed by atoms with Gasteiger partial charge >= 0.3 is 6.18 Å². The van der Waals surface area contributed by atoms with E-state index in [1.54, 1.807) is 24.9 Å². The summed E-state index contributed by atoms with van der Waals surface area (Å²) in [6.07, 6.45) is -2.25. The van der Waals surface area contributed by atoms with Crippen LogP contribution in [0.15, 0.2) is 42.6 Å². The number of alkyl halides is 3. The normalized spacial score (nSPS) is 11.6. The third-order valence-electron chi connectivity index (χ3n) is 3.85. The number of hydrogen-bond acceptors (Lipinski definition) is 4. The van der Waals surface area contributed by atoms with Gasteiger partial charge in [0.1, 0.15) is 0 Å². The van der Waals surface area contributed by atoms with Crippen molar-refractivity contribution in [3.05, 3.63) is 59.5 Å². The monoisotopic (exact) mass is 361 g/mol. The van der Waals surface area contributed by atoms with Crippen LogP contribution in [0, 0.1) is 6.92 Å². The number of halogens is 3. The van der Waals surface area contributed by atoms with E-state index in [0.29, 0.717) is 24.2 Å². The van der Waals surface area contributed by atoms with E-state index in [-0.39, 0.29) is 11.6 Å². The standard InChI is InChI=1S/C18H18F3N5/c1-12-14(11-26(2)25-12)15-10-16(18(19,20)21)24-17(23-15)22-9-8-13-6-4-3-5-7-13/h3-7,10-11H,8-9H2,1-2H3,(H,22,23,24). The molecule has 0 saturated heterocycles. The molecule has 136 valence electrons. The van der Waals surface area contributed by atoms with Crippen LogP contribution in [0.5, 0.6) is 0 Å². The van der Waals surface area contributed by atoms with Crippen molar-refractivity contribution in [1.29, 1.82) is 0 Å². The van der Waals surface area contributed by atoms with E-state index in [1.807, 2.05) is 30.3 Å². The Morgan fingerprint density at radius 3 is 2.46 bits per heavy atom. The van der Waals surface area contributed by atoms with Crippen molar-refractivity contribution in [2.75, 3.05) is 11.9 Å². The third-order valence-corrected chi connectivity index (χ3v) is 3.85. The van der Waals surface area contributed by atoms with Crippen LogP contribution in [-0.4, -0.2) is 26.3 Å². The van der Waals surface area contributed by atoms with Gasteiger partial charge in [0, 0.05) is 25.4 Å². The average molecular weight is 361 g/mol. The van der Waals surface area contributed by atoms with E-state index in [0.717, 1.165) is 11.6 Å². The Morgan fingerprint density at radius 1 is 1.12 bits per heavy atom. The van der Waals surface area contributed by atoms with Gasteiger partial charge < -0.3 is 5.32 Å². The van der Waals surface area contributed by atoms with E-state index in [9.17, 15) is 13.2 Å². The minimum atomic E-state index is -4.55. The van der Waals surface area contributed by atoms with Gasteiger partial charge in [-0.2, -0.15) is 18.3 Å². The fraction of sp³-hybridized carbons (Fsp3) is 0.278. The topological polar surface area (TPSA) is 55.6 Å². The molecule has 0 amide bonds. The molecule has 5 nitrogen and oxygen atoms in total. The number of nitrogens with one attached hydrogen (secondary N) is 1. The van der Waals surface area contributed by atoms with Crippen LogP contribution < -0.4 is 5.32 Å². The number of aromatic nitrogens is 4. The maximum Gasteiger partial charge on any atom is 0.433 e. The first-order chi connectivity index (χ1) is 12.3. The second kappa shape index (κ2) is 7.15. The molecule has 3 rings (SSSR count). The van der Waals surface area contributed by atoms with Crippen LogP contribution >= 0.6 is 0 Å². The summed E-state index contributed by atoms with van der Waals surface area (Å²) in [6, 6.07) is 10.6. The number of anilines is 1. The highest BCUT2D eigenvalue weighted by Gasteiger charge is 2.34. The Kier molecular flexibility index (Phi) is 4.92. The van der Waals surface area contributed by atoms with Crippen LogP contribution in [-0.2, 0) is 19.6 Å². The summed E-state index contributed by atoms with van der Waals surface area (Å²) in [5, 5.41) is 7.06. The number of rotatable bonds is 5. The predicted molar refractivity (Wildman–Crippen MR) is 92.6 cm³/mol. The molecule has 0 fully saturated rings. The van der Waals surface area contributed by atoms with Crippen LogP contribution in [0.3, 0.4) is 0 Å². The van der Waals surface area contributed by atoms with E-state index in [2.05, 4.69) is 20.4 Å². The van der Waals surface area contributed by atoms with Crippen molar-refractivity contribution in [2.45, 2.75) is 19.5 Å². The lowest BCUT2D eigenvalue weighted by Gasteiger charge is -2.11. The summed E-state index contributed by atoms with van der Waals surface area (Å²) in [6.45, 7) is 2.16. The van der Waals surface area contributed by atoms with Gasteiger partial charge in [-0.15, -0.1) is 0 Å². The molecular formula is C18H18F3N5.